The number of aliphatic hydroxyl groups excluding tert-OH is 1. The van der Waals surface area contributed by atoms with Crippen molar-refractivity contribution in [1.29, 1.82) is 0 Å². The van der Waals surface area contributed by atoms with Gasteiger partial charge in [0.1, 0.15) is 12.7 Å². The summed E-state index contributed by atoms with van der Waals surface area (Å²) < 4.78 is 39.8. The number of esters is 3. The molecule has 12 heteroatoms. The van der Waals surface area contributed by atoms with E-state index in [-0.39, 0.29) is 25.9 Å². The van der Waals surface area contributed by atoms with Crippen LogP contribution < -0.4 is 0 Å². The summed E-state index contributed by atoms with van der Waals surface area (Å²) in [6.45, 7) is 4.69. The Balaban J connectivity index is 4.66. The average Bonchev–Trinajstić information content (AvgIpc) is 3.45. The SMILES string of the molecule is CCCCC/C=C\C/C=C\CCCCCCCCCCCC(=O)OCC(COP(=O)(O)OCC(CO)OC(=O)CCCCCCCCCCCCCCCCC)OC(=O)CCCCCCCCCCC/C=C\CCCCCCCC. The second-order valence-electron chi connectivity index (χ2n) is 23.0. The maximum atomic E-state index is 13.0. The molecule has 11 nitrogen and oxygen atoms in total. The van der Waals surface area contributed by atoms with Crippen molar-refractivity contribution in [3.63, 3.8) is 0 Å². The van der Waals surface area contributed by atoms with Gasteiger partial charge >= 0.3 is 25.7 Å². The summed E-state index contributed by atoms with van der Waals surface area (Å²) in [5.41, 5.74) is 0. The standard InChI is InChI=1S/C68H127O11P/c1-4-7-10-13-16-19-22-25-28-30-32-34-37-39-42-45-48-51-54-57-66(70)75-61-65(79-68(72)59-56-53-50-47-44-41-38-35-33-31-29-26-23-20-17-14-11-8-5-2)63-77-80(73,74)76-62-64(60-69)78-67(71)58-55-52-49-46-43-40-36-27-24-21-18-15-12-9-6-3/h16,19,25-26,28-29,64-65,69H,4-15,17-18,20-24,27,30-63H2,1-3H3,(H,73,74)/b19-16-,28-25-,29-26-. The fraction of sp³-hybridized carbons (Fsp3) is 0.868. The minimum atomic E-state index is -4.75. The van der Waals surface area contributed by atoms with Gasteiger partial charge in [0.2, 0.25) is 0 Å². The summed E-state index contributed by atoms with van der Waals surface area (Å²) in [6, 6.07) is 0. The molecule has 0 saturated carbocycles. The quantitative estimate of drug-likeness (QED) is 0.0197. The third-order valence-electron chi connectivity index (χ3n) is 15.0. The molecule has 0 saturated heterocycles. The van der Waals surface area contributed by atoms with Crippen LogP contribution in [0.1, 0.15) is 342 Å². The topological polar surface area (TPSA) is 155 Å². The van der Waals surface area contributed by atoms with Crippen LogP contribution in [0.25, 0.3) is 0 Å². The molecule has 80 heavy (non-hydrogen) atoms. The molecule has 0 rings (SSSR count). The molecule has 0 aliphatic rings. The average molecular weight is 1150 g/mol. The Bertz CT molecular complexity index is 1480. The normalized spacial score (nSPS) is 13.4. The second-order valence-corrected chi connectivity index (χ2v) is 24.4. The van der Waals surface area contributed by atoms with Crippen LogP contribution in [0.15, 0.2) is 36.5 Å². The Labute approximate surface area is 492 Å². The number of carbonyl (C=O) groups excluding carboxylic acids is 3. The van der Waals surface area contributed by atoms with Crippen molar-refractivity contribution >= 4 is 25.7 Å². The number of carbonyl (C=O) groups is 3. The highest BCUT2D eigenvalue weighted by atomic mass is 31.2. The Morgan fingerprint density at radius 3 is 0.963 bits per heavy atom. The Morgan fingerprint density at radius 1 is 0.350 bits per heavy atom. The maximum absolute atomic E-state index is 13.0. The molecule has 0 aromatic heterocycles. The second kappa shape index (κ2) is 62.7. The van der Waals surface area contributed by atoms with Crippen LogP contribution in [0, 0.1) is 0 Å². The van der Waals surface area contributed by atoms with Crippen molar-refractivity contribution in [3.05, 3.63) is 36.5 Å². The molecule has 0 radical (unpaired) electrons. The van der Waals surface area contributed by atoms with Crippen LogP contribution in [0.2, 0.25) is 0 Å². The van der Waals surface area contributed by atoms with E-state index in [1.54, 1.807) is 0 Å². The van der Waals surface area contributed by atoms with Crippen LogP contribution in [-0.4, -0.2) is 66.5 Å². The summed E-state index contributed by atoms with van der Waals surface area (Å²) >= 11 is 0. The number of phosphoric acid groups is 1. The van der Waals surface area contributed by atoms with Crippen molar-refractivity contribution in [2.24, 2.45) is 0 Å². The lowest BCUT2D eigenvalue weighted by Gasteiger charge is -2.21. The molecule has 0 aliphatic carbocycles. The number of unbranched alkanes of at least 4 members (excludes halogenated alkanes) is 41. The Hall–Kier alpha value is -2.30. The molecule has 0 bridgehead atoms. The molecule has 0 aromatic carbocycles. The molecular formula is C68H127O11P. The summed E-state index contributed by atoms with van der Waals surface area (Å²) in [4.78, 5) is 48.8. The smallest absolute Gasteiger partial charge is 0.462 e. The summed E-state index contributed by atoms with van der Waals surface area (Å²) in [5.74, 6) is -1.44. The van der Waals surface area contributed by atoms with Crippen molar-refractivity contribution < 1.29 is 52.2 Å². The minimum Gasteiger partial charge on any atom is -0.462 e. The largest absolute Gasteiger partial charge is 0.472 e. The molecular weight excluding hydrogens is 1020 g/mol. The van der Waals surface area contributed by atoms with Gasteiger partial charge in [0.25, 0.3) is 0 Å². The molecule has 0 aromatic rings. The van der Waals surface area contributed by atoms with E-state index in [9.17, 15) is 28.9 Å². The van der Waals surface area contributed by atoms with E-state index >= 15 is 0 Å². The molecule has 0 heterocycles. The molecule has 3 unspecified atom stereocenters. The van der Waals surface area contributed by atoms with E-state index in [1.165, 1.54) is 212 Å². The van der Waals surface area contributed by atoms with Crippen molar-refractivity contribution in [2.45, 2.75) is 354 Å². The number of phosphoric ester groups is 1. The van der Waals surface area contributed by atoms with Crippen LogP contribution in [0.5, 0.6) is 0 Å². The zero-order valence-corrected chi connectivity index (χ0v) is 53.2. The first-order chi connectivity index (χ1) is 39.2. The number of ether oxygens (including phenoxy) is 3. The lowest BCUT2D eigenvalue weighted by atomic mass is 10.0. The van der Waals surface area contributed by atoms with Crippen molar-refractivity contribution in [3.8, 4) is 0 Å². The van der Waals surface area contributed by atoms with Gasteiger partial charge in [-0.2, -0.15) is 0 Å². The third kappa shape index (κ3) is 60.3. The van der Waals surface area contributed by atoms with E-state index in [1.807, 2.05) is 0 Å². The molecule has 470 valence electrons. The van der Waals surface area contributed by atoms with Crippen LogP contribution in [-0.2, 0) is 42.2 Å². The predicted molar refractivity (Wildman–Crippen MR) is 335 cm³/mol. The van der Waals surface area contributed by atoms with Crippen LogP contribution in [0.4, 0.5) is 0 Å². The van der Waals surface area contributed by atoms with Gasteiger partial charge < -0.3 is 24.2 Å². The highest BCUT2D eigenvalue weighted by Gasteiger charge is 2.28. The van der Waals surface area contributed by atoms with Gasteiger partial charge in [-0.1, -0.05) is 282 Å². The molecule has 2 N–H and O–H groups in total. The number of rotatable bonds is 64. The van der Waals surface area contributed by atoms with Gasteiger partial charge in [-0.3, -0.25) is 23.4 Å². The first-order valence-electron chi connectivity index (χ1n) is 33.9. The Morgan fingerprint density at radius 2 is 0.613 bits per heavy atom. The Kier molecular flexibility index (Phi) is 60.9. The summed E-state index contributed by atoms with van der Waals surface area (Å²) in [6.07, 6.45) is 68.0. The number of allylic oxidation sites excluding steroid dienone is 6. The number of hydrogen-bond acceptors (Lipinski definition) is 10. The van der Waals surface area contributed by atoms with Gasteiger partial charge in [0.05, 0.1) is 19.8 Å². The zero-order chi connectivity index (χ0) is 58.3. The lowest BCUT2D eigenvalue weighted by molar-refractivity contribution is -0.161. The lowest BCUT2D eigenvalue weighted by Crippen LogP contribution is -2.30. The fourth-order valence-corrected chi connectivity index (χ4v) is 10.6. The number of hydrogen-bond donors (Lipinski definition) is 2. The minimum absolute atomic E-state index is 0.168. The maximum Gasteiger partial charge on any atom is 0.472 e. The van der Waals surface area contributed by atoms with Gasteiger partial charge in [0, 0.05) is 19.3 Å². The van der Waals surface area contributed by atoms with E-state index in [0.29, 0.717) is 19.3 Å². The first kappa shape index (κ1) is 77.7. The van der Waals surface area contributed by atoms with E-state index < -0.39 is 57.8 Å². The molecule has 0 aliphatic heterocycles. The first-order valence-corrected chi connectivity index (χ1v) is 35.4. The highest BCUT2D eigenvalue weighted by Crippen LogP contribution is 2.43. The third-order valence-corrected chi connectivity index (χ3v) is 16.0. The fourth-order valence-electron chi connectivity index (χ4n) is 9.86. The molecule has 0 spiro atoms. The number of aliphatic hydroxyl groups is 1. The predicted octanol–water partition coefficient (Wildman–Crippen LogP) is 20.7. The monoisotopic (exact) mass is 1150 g/mol. The van der Waals surface area contributed by atoms with Crippen LogP contribution in [0.3, 0.4) is 0 Å². The molecule has 0 fully saturated rings. The van der Waals surface area contributed by atoms with Crippen molar-refractivity contribution in [1.82, 2.24) is 0 Å². The summed E-state index contributed by atoms with van der Waals surface area (Å²) in [7, 11) is -4.75. The van der Waals surface area contributed by atoms with E-state index in [2.05, 4.69) is 57.2 Å². The van der Waals surface area contributed by atoms with Gasteiger partial charge in [-0.25, -0.2) is 4.57 Å². The van der Waals surface area contributed by atoms with Gasteiger partial charge in [-0.15, -0.1) is 0 Å². The van der Waals surface area contributed by atoms with E-state index in [4.69, 9.17) is 23.3 Å². The van der Waals surface area contributed by atoms with Crippen LogP contribution >= 0.6 is 7.82 Å². The zero-order valence-electron chi connectivity index (χ0n) is 52.3. The molecule has 0 amide bonds. The van der Waals surface area contributed by atoms with Gasteiger partial charge in [-0.05, 0) is 77.0 Å². The van der Waals surface area contributed by atoms with Gasteiger partial charge in [0.15, 0.2) is 6.10 Å². The molecule has 3 atom stereocenters. The van der Waals surface area contributed by atoms with Crippen molar-refractivity contribution in [2.75, 3.05) is 26.4 Å². The summed E-state index contributed by atoms with van der Waals surface area (Å²) in [5, 5.41) is 9.86. The van der Waals surface area contributed by atoms with E-state index in [0.717, 1.165) is 70.6 Å². The highest BCUT2D eigenvalue weighted by molar-refractivity contribution is 7.47.